The summed E-state index contributed by atoms with van der Waals surface area (Å²) in [7, 11) is 0. The summed E-state index contributed by atoms with van der Waals surface area (Å²) in [6, 6.07) is 9.08. The molecule has 1 aromatic heterocycles. The molecule has 10 N–H and O–H groups in total. The maximum absolute atomic E-state index is 13.3. The summed E-state index contributed by atoms with van der Waals surface area (Å²) in [5, 5.41) is 27.4. The Morgan fingerprint density at radius 3 is 2.13 bits per heavy atom. The van der Waals surface area contributed by atoms with Gasteiger partial charge in [0.2, 0.25) is 23.6 Å². The molecule has 206 valence electrons. The predicted octanol–water partition coefficient (Wildman–Crippen LogP) is -0.968. The van der Waals surface area contributed by atoms with E-state index in [4.69, 9.17) is 11.5 Å². The van der Waals surface area contributed by atoms with Gasteiger partial charge in [-0.2, -0.15) is 0 Å². The molecule has 0 saturated heterocycles. The molecule has 1 heterocycles. The topological polar surface area (TPSA) is 230 Å². The summed E-state index contributed by atoms with van der Waals surface area (Å²) in [4.78, 5) is 64.7. The monoisotopic (exact) mass is 538 g/mol. The van der Waals surface area contributed by atoms with Crippen molar-refractivity contribution < 1.29 is 34.2 Å². The van der Waals surface area contributed by atoms with E-state index in [2.05, 4.69) is 20.9 Å². The van der Waals surface area contributed by atoms with E-state index < -0.39 is 60.7 Å². The number of nitrogens with one attached hydrogen (secondary N) is 4. The van der Waals surface area contributed by atoms with E-state index in [0.29, 0.717) is 11.1 Å². The van der Waals surface area contributed by atoms with Crippen molar-refractivity contribution in [1.29, 1.82) is 0 Å². The second-order valence-electron chi connectivity index (χ2n) is 8.89. The average Bonchev–Trinajstić information content (AvgIpc) is 3.31. The van der Waals surface area contributed by atoms with Crippen molar-refractivity contribution in [3.8, 4) is 5.75 Å². The zero-order chi connectivity index (χ0) is 28.5. The molecule has 3 unspecified atom stereocenters. The van der Waals surface area contributed by atoms with Crippen molar-refractivity contribution in [2.24, 2.45) is 11.5 Å². The zero-order valence-electron chi connectivity index (χ0n) is 20.8. The fourth-order valence-corrected chi connectivity index (χ4v) is 4.01. The first kappa shape index (κ1) is 28.7. The number of aliphatic carboxylic acids is 1. The number of primary amides is 1. The van der Waals surface area contributed by atoms with Crippen LogP contribution in [0.4, 0.5) is 0 Å². The van der Waals surface area contributed by atoms with E-state index in [1.807, 2.05) is 24.3 Å². The Morgan fingerprint density at radius 2 is 1.49 bits per heavy atom. The lowest BCUT2D eigenvalue weighted by Crippen LogP contribution is -2.57. The molecule has 0 aliphatic heterocycles. The number of nitrogens with two attached hydrogens (primary N) is 2. The number of amides is 4. The molecule has 13 heteroatoms. The number of carboxylic acids is 1. The van der Waals surface area contributed by atoms with E-state index >= 15 is 0 Å². The van der Waals surface area contributed by atoms with E-state index in [0.717, 1.165) is 10.9 Å². The number of phenols is 1. The number of hydrogen-bond donors (Lipinski definition) is 8. The number of H-pyrrole nitrogens is 1. The minimum Gasteiger partial charge on any atom is -0.508 e. The molecule has 13 nitrogen and oxygen atoms in total. The highest BCUT2D eigenvalue weighted by Gasteiger charge is 2.31. The minimum absolute atomic E-state index is 0.0144. The Bertz CT molecular complexity index is 1350. The van der Waals surface area contributed by atoms with Crippen LogP contribution >= 0.6 is 0 Å². The van der Waals surface area contributed by atoms with Gasteiger partial charge in [0.05, 0.1) is 13.0 Å². The number of hydrogen-bond acceptors (Lipinski definition) is 7. The molecule has 3 rings (SSSR count). The van der Waals surface area contributed by atoms with Gasteiger partial charge in [0, 0.05) is 29.9 Å². The van der Waals surface area contributed by atoms with Crippen LogP contribution in [0.2, 0.25) is 0 Å². The standard InChI is InChI=1S/C26H30N6O7/c27-12-23(35)30-20(11-22(28)34)25(37)31-19(9-14-5-7-16(33)8-6-14)24(36)32-21(26(38)39)10-15-13-29-18-4-2-1-3-17(15)18/h1-8,13,19-21,29,33H,9-12,27H2,(H2,28,34)(H,30,35)(H,31,37)(H,32,36)(H,38,39). The molecule has 0 radical (unpaired) electrons. The first-order chi connectivity index (χ1) is 18.6. The molecule has 2 aromatic carbocycles. The van der Waals surface area contributed by atoms with Crippen molar-refractivity contribution in [3.05, 3.63) is 65.9 Å². The first-order valence-corrected chi connectivity index (χ1v) is 12.0. The SMILES string of the molecule is NCC(=O)NC(CC(N)=O)C(=O)NC(Cc1ccc(O)cc1)C(=O)NC(Cc1c[nH]c2ccccc12)C(=O)O. The number of aromatic hydroxyl groups is 1. The van der Waals surface area contributed by atoms with E-state index in [1.54, 1.807) is 6.20 Å². The Balaban J connectivity index is 1.83. The van der Waals surface area contributed by atoms with Crippen LogP contribution in [0.3, 0.4) is 0 Å². The summed E-state index contributed by atoms with van der Waals surface area (Å²) >= 11 is 0. The van der Waals surface area contributed by atoms with Crippen LogP contribution in [0, 0.1) is 0 Å². The van der Waals surface area contributed by atoms with Crippen molar-refractivity contribution >= 4 is 40.5 Å². The Hall–Kier alpha value is -4.91. The van der Waals surface area contributed by atoms with Crippen LogP contribution in [-0.4, -0.2) is 69.5 Å². The van der Waals surface area contributed by atoms with Gasteiger partial charge in [-0.3, -0.25) is 19.2 Å². The number of carboxylic acid groups (broad SMARTS) is 1. The second-order valence-corrected chi connectivity index (χ2v) is 8.89. The Labute approximate surface area is 222 Å². The molecule has 3 aromatic rings. The summed E-state index contributed by atoms with van der Waals surface area (Å²) in [6.45, 7) is -0.450. The Kier molecular flexibility index (Phi) is 9.59. The van der Waals surface area contributed by atoms with Crippen LogP contribution in [-0.2, 0) is 36.8 Å². The molecule has 0 spiro atoms. The van der Waals surface area contributed by atoms with Gasteiger partial charge < -0.3 is 42.6 Å². The largest absolute Gasteiger partial charge is 0.508 e. The fourth-order valence-electron chi connectivity index (χ4n) is 4.01. The molecule has 3 atom stereocenters. The molecule has 39 heavy (non-hydrogen) atoms. The average molecular weight is 539 g/mol. The highest BCUT2D eigenvalue weighted by Crippen LogP contribution is 2.19. The highest BCUT2D eigenvalue weighted by atomic mass is 16.4. The third-order valence-corrected chi connectivity index (χ3v) is 5.97. The van der Waals surface area contributed by atoms with Gasteiger partial charge >= 0.3 is 5.97 Å². The Morgan fingerprint density at radius 1 is 0.846 bits per heavy atom. The number of phenolic OH excluding ortho intramolecular Hbond substituents is 1. The third kappa shape index (κ3) is 8.04. The number of para-hydroxylation sites is 1. The van der Waals surface area contributed by atoms with Crippen molar-refractivity contribution in [2.75, 3.05) is 6.54 Å². The molecular weight excluding hydrogens is 508 g/mol. The maximum Gasteiger partial charge on any atom is 0.326 e. The number of aromatic amines is 1. The van der Waals surface area contributed by atoms with Crippen molar-refractivity contribution in [3.63, 3.8) is 0 Å². The number of fused-ring (bicyclic) bond motifs is 1. The highest BCUT2D eigenvalue weighted by molar-refractivity contribution is 5.96. The first-order valence-electron chi connectivity index (χ1n) is 12.0. The summed E-state index contributed by atoms with van der Waals surface area (Å²) in [5.74, 6) is -4.61. The van der Waals surface area contributed by atoms with Gasteiger partial charge in [0.1, 0.15) is 23.9 Å². The predicted molar refractivity (Wildman–Crippen MR) is 140 cm³/mol. The van der Waals surface area contributed by atoms with E-state index in [-0.39, 0.29) is 18.6 Å². The quantitative estimate of drug-likeness (QED) is 0.135. The third-order valence-electron chi connectivity index (χ3n) is 5.97. The molecule has 0 saturated carbocycles. The van der Waals surface area contributed by atoms with Crippen LogP contribution in [0.15, 0.2) is 54.7 Å². The molecular formula is C26H30N6O7. The smallest absolute Gasteiger partial charge is 0.326 e. The number of benzene rings is 2. The number of carbonyl (C=O) groups excluding carboxylic acids is 4. The lowest BCUT2D eigenvalue weighted by Gasteiger charge is -2.24. The van der Waals surface area contributed by atoms with Crippen LogP contribution in [0.25, 0.3) is 10.9 Å². The lowest BCUT2D eigenvalue weighted by molar-refractivity contribution is -0.142. The summed E-state index contributed by atoms with van der Waals surface area (Å²) in [6.07, 6.45) is 0.980. The minimum atomic E-state index is -1.41. The molecule has 0 aliphatic rings. The molecule has 4 amide bonds. The molecule has 0 bridgehead atoms. The zero-order valence-corrected chi connectivity index (χ0v) is 20.8. The number of aromatic nitrogens is 1. The van der Waals surface area contributed by atoms with Crippen LogP contribution in [0.5, 0.6) is 5.75 Å². The van der Waals surface area contributed by atoms with Crippen molar-refractivity contribution in [1.82, 2.24) is 20.9 Å². The van der Waals surface area contributed by atoms with Crippen LogP contribution in [0.1, 0.15) is 17.5 Å². The maximum atomic E-state index is 13.3. The second kappa shape index (κ2) is 13.1. The van der Waals surface area contributed by atoms with E-state index in [9.17, 15) is 34.2 Å². The van der Waals surface area contributed by atoms with Gasteiger partial charge in [-0.15, -0.1) is 0 Å². The summed E-state index contributed by atoms with van der Waals surface area (Å²) < 4.78 is 0. The van der Waals surface area contributed by atoms with Crippen molar-refractivity contribution in [2.45, 2.75) is 37.4 Å². The molecule has 0 aliphatic carbocycles. The van der Waals surface area contributed by atoms with Gasteiger partial charge in [0.25, 0.3) is 0 Å². The van der Waals surface area contributed by atoms with E-state index in [1.165, 1.54) is 24.3 Å². The molecule has 0 fully saturated rings. The van der Waals surface area contributed by atoms with Gasteiger partial charge in [-0.05, 0) is 29.3 Å². The van der Waals surface area contributed by atoms with Crippen LogP contribution < -0.4 is 27.4 Å². The normalized spacial score (nSPS) is 13.2. The van der Waals surface area contributed by atoms with Gasteiger partial charge in [-0.25, -0.2) is 4.79 Å². The number of rotatable bonds is 13. The summed E-state index contributed by atoms with van der Waals surface area (Å²) in [5.41, 5.74) is 12.5. The van der Waals surface area contributed by atoms with Gasteiger partial charge in [-0.1, -0.05) is 30.3 Å². The number of carbonyl (C=O) groups is 5. The van der Waals surface area contributed by atoms with Gasteiger partial charge in [0.15, 0.2) is 0 Å². The fraction of sp³-hybridized carbons (Fsp3) is 0.269. The lowest BCUT2D eigenvalue weighted by atomic mass is 10.0.